The number of aryl methyl sites for hydroxylation is 1. The average Bonchev–Trinajstić information content (AvgIpc) is 2.46. The normalized spacial score (nSPS) is 11.3. The Labute approximate surface area is 125 Å². The topological polar surface area (TPSA) is 74.7 Å². The highest BCUT2D eigenvalue weighted by molar-refractivity contribution is 7.89. The number of carboxylic acid groups (broad SMARTS) is 1. The van der Waals surface area contributed by atoms with Crippen molar-refractivity contribution in [3.63, 3.8) is 0 Å². The van der Waals surface area contributed by atoms with Crippen molar-refractivity contribution < 1.29 is 18.3 Å². The number of carbonyl (C=O) groups is 1. The quantitative estimate of drug-likeness (QED) is 0.748. The van der Waals surface area contributed by atoms with Crippen molar-refractivity contribution in [2.45, 2.75) is 18.2 Å². The van der Waals surface area contributed by atoms with Crippen molar-refractivity contribution in [2.24, 2.45) is 0 Å². The summed E-state index contributed by atoms with van der Waals surface area (Å²) in [5.74, 6) is -1.14. The number of sulfonamides is 1. The first kappa shape index (κ1) is 17.1. The summed E-state index contributed by atoms with van der Waals surface area (Å²) in [7, 11) is -3.78. The molecule has 1 rings (SSSR count). The van der Waals surface area contributed by atoms with Crippen LogP contribution in [0.3, 0.4) is 0 Å². The van der Waals surface area contributed by atoms with Crippen LogP contribution in [-0.4, -0.2) is 36.9 Å². The molecule has 0 heterocycles. The van der Waals surface area contributed by atoms with E-state index < -0.39 is 16.0 Å². The second-order valence-electron chi connectivity index (χ2n) is 4.38. The highest BCUT2D eigenvalue weighted by atomic mass is 32.2. The Morgan fingerprint density at radius 1 is 1.29 bits per heavy atom. The van der Waals surface area contributed by atoms with Gasteiger partial charge >= 0.3 is 5.97 Å². The molecule has 1 aromatic carbocycles. The number of rotatable bonds is 8. The van der Waals surface area contributed by atoms with Gasteiger partial charge in [0.05, 0.1) is 10.5 Å². The van der Waals surface area contributed by atoms with E-state index in [1.807, 2.05) is 6.92 Å². The summed E-state index contributed by atoms with van der Waals surface area (Å²) < 4.78 is 26.2. The number of benzene rings is 1. The van der Waals surface area contributed by atoms with Gasteiger partial charge in [0.15, 0.2) is 0 Å². The second-order valence-corrected chi connectivity index (χ2v) is 6.31. The third kappa shape index (κ3) is 3.80. The van der Waals surface area contributed by atoms with Crippen molar-refractivity contribution in [2.75, 3.05) is 13.1 Å². The lowest BCUT2D eigenvalue weighted by Crippen LogP contribution is -2.31. The van der Waals surface area contributed by atoms with Crippen LogP contribution >= 0.6 is 0 Å². The van der Waals surface area contributed by atoms with E-state index in [0.717, 1.165) is 0 Å². The van der Waals surface area contributed by atoms with Crippen molar-refractivity contribution in [1.82, 2.24) is 4.31 Å². The van der Waals surface area contributed by atoms with E-state index >= 15 is 0 Å². The van der Waals surface area contributed by atoms with Crippen LogP contribution in [0.25, 0.3) is 0 Å². The maximum Gasteiger partial charge on any atom is 0.336 e. The minimum absolute atomic E-state index is 0.00994. The van der Waals surface area contributed by atoms with E-state index in [4.69, 9.17) is 0 Å². The van der Waals surface area contributed by atoms with Gasteiger partial charge in [-0.15, -0.1) is 13.2 Å². The SMILES string of the molecule is C=CCN(CC=C)S(=O)(=O)c1ccc(CC)c(C(=O)O)c1. The lowest BCUT2D eigenvalue weighted by molar-refractivity contribution is 0.0695. The number of aromatic carboxylic acids is 1. The predicted octanol–water partition coefficient (Wildman–Crippen LogP) is 2.31. The number of nitrogens with zero attached hydrogens (tertiary/aromatic N) is 1. The van der Waals surface area contributed by atoms with E-state index in [9.17, 15) is 18.3 Å². The molecular weight excluding hydrogens is 290 g/mol. The molecule has 0 bridgehead atoms. The lowest BCUT2D eigenvalue weighted by Gasteiger charge is -2.19. The van der Waals surface area contributed by atoms with Gasteiger partial charge < -0.3 is 5.11 Å². The molecule has 5 nitrogen and oxygen atoms in total. The van der Waals surface area contributed by atoms with Gasteiger partial charge in [-0.05, 0) is 24.1 Å². The fourth-order valence-electron chi connectivity index (χ4n) is 1.93. The number of hydrogen-bond acceptors (Lipinski definition) is 3. The summed E-state index contributed by atoms with van der Waals surface area (Å²) in [6.07, 6.45) is 3.46. The molecule has 0 saturated heterocycles. The van der Waals surface area contributed by atoms with Crippen LogP contribution in [0.15, 0.2) is 48.4 Å². The Bertz CT molecular complexity index is 640. The van der Waals surface area contributed by atoms with Crippen LogP contribution in [0.4, 0.5) is 0 Å². The molecule has 0 aliphatic heterocycles. The molecule has 0 aliphatic carbocycles. The Morgan fingerprint density at radius 2 is 1.86 bits per heavy atom. The first-order valence-electron chi connectivity index (χ1n) is 6.46. The molecule has 0 unspecified atom stereocenters. The smallest absolute Gasteiger partial charge is 0.336 e. The molecule has 1 N–H and O–H groups in total. The molecule has 0 atom stereocenters. The zero-order valence-electron chi connectivity index (χ0n) is 11.9. The summed E-state index contributed by atoms with van der Waals surface area (Å²) in [6, 6.07) is 4.17. The van der Waals surface area contributed by atoms with E-state index in [-0.39, 0.29) is 23.5 Å². The van der Waals surface area contributed by atoms with Crippen LogP contribution in [0.5, 0.6) is 0 Å². The van der Waals surface area contributed by atoms with Crippen LogP contribution in [0, 0.1) is 0 Å². The van der Waals surface area contributed by atoms with Crippen LogP contribution in [0.2, 0.25) is 0 Å². The summed E-state index contributed by atoms with van der Waals surface area (Å²) in [5, 5.41) is 9.19. The molecule has 0 aliphatic rings. The van der Waals surface area contributed by atoms with Gasteiger partial charge in [-0.1, -0.05) is 25.1 Å². The van der Waals surface area contributed by atoms with Gasteiger partial charge in [0.1, 0.15) is 0 Å². The highest BCUT2D eigenvalue weighted by Gasteiger charge is 2.24. The number of hydrogen-bond donors (Lipinski definition) is 1. The van der Waals surface area contributed by atoms with Gasteiger partial charge in [0.25, 0.3) is 0 Å². The minimum atomic E-state index is -3.78. The van der Waals surface area contributed by atoms with Crippen molar-refractivity contribution in [3.8, 4) is 0 Å². The lowest BCUT2D eigenvalue weighted by atomic mass is 10.1. The molecule has 0 spiro atoms. The summed E-state index contributed by atoms with van der Waals surface area (Å²) >= 11 is 0. The molecule has 1 aromatic rings. The summed E-state index contributed by atoms with van der Waals surface area (Å²) in [4.78, 5) is 11.2. The van der Waals surface area contributed by atoms with E-state index in [1.54, 1.807) is 0 Å². The standard InChI is InChI=1S/C15H19NO4S/c1-4-9-16(10-5-2)21(19,20)13-8-7-12(6-3)14(11-13)15(17)18/h4-5,7-8,11H,1-2,6,9-10H2,3H3,(H,17,18). The minimum Gasteiger partial charge on any atom is -0.478 e. The largest absolute Gasteiger partial charge is 0.478 e. The van der Waals surface area contributed by atoms with Crippen molar-refractivity contribution in [1.29, 1.82) is 0 Å². The summed E-state index contributed by atoms with van der Waals surface area (Å²) in [6.45, 7) is 9.14. The monoisotopic (exact) mass is 309 g/mol. The average molecular weight is 309 g/mol. The van der Waals surface area contributed by atoms with Crippen molar-refractivity contribution in [3.05, 3.63) is 54.6 Å². The maximum atomic E-state index is 12.5. The molecule has 0 aromatic heterocycles. The van der Waals surface area contributed by atoms with Crippen LogP contribution in [-0.2, 0) is 16.4 Å². The third-order valence-corrected chi connectivity index (χ3v) is 4.82. The Hall–Kier alpha value is -1.92. The third-order valence-electron chi connectivity index (χ3n) is 3.00. The molecule has 0 fully saturated rings. The first-order chi connectivity index (χ1) is 9.88. The fraction of sp³-hybridized carbons (Fsp3) is 0.267. The Kier molecular flexibility index (Phi) is 5.87. The van der Waals surface area contributed by atoms with E-state index in [2.05, 4.69) is 13.2 Å². The Morgan fingerprint density at radius 3 is 2.29 bits per heavy atom. The van der Waals surface area contributed by atoms with Crippen LogP contribution in [0.1, 0.15) is 22.8 Å². The zero-order valence-corrected chi connectivity index (χ0v) is 12.8. The van der Waals surface area contributed by atoms with Gasteiger partial charge in [-0.2, -0.15) is 4.31 Å². The predicted molar refractivity (Wildman–Crippen MR) is 81.9 cm³/mol. The maximum absolute atomic E-state index is 12.5. The molecule has 6 heteroatoms. The van der Waals surface area contributed by atoms with E-state index in [0.29, 0.717) is 12.0 Å². The molecule has 0 saturated carbocycles. The van der Waals surface area contributed by atoms with Gasteiger partial charge in [-0.25, -0.2) is 13.2 Å². The number of carboxylic acids is 1. The fourth-order valence-corrected chi connectivity index (χ4v) is 3.34. The van der Waals surface area contributed by atoms with Gasteiger partial charge in [-0.3, -0.25) is 0 Å². The van der Waals surface area contributed by atoms with Crippen molar-refractivity contribution >= 4 is 16.0 Å². The zero-order chi connectivity index (χ0) is 16.0. The molecule has 0 radical (unpaired) electrons. The highest BCUT2D eigenvalue weighted by Crippen LogP contribution is 2.20. The molecule has 21 heavy (non-hydrogen) atoms. The first-order valence-corrected chi connectivity index (χ1v) is 7.90. The second kappa shape index (κ2) is 7.19. The molecular formula is C15H19NO4S. The van der Waals surface area contributed by atoms with Gasteiger partial charge in [0, 0.05) is 13.1 Å². The van der Waals surface area contributed by atoms with E-state index in [1.165, 1.54) is 34.7 Å². The van der Waals surface area contributed by atoms with Gasteiger partial charge in [0.2, 0.25) is 10.0 Å². The molecule has 114 valence electrons. The molecule has 0 amide bonds. The Balaban J connectivity index is 3.36. The summed E-state index contributed by atoms with van der Waals surface area (Å²) in [5.41, 5.74) is 0.608. The van der Waals surface area contributed by atoms with Crippen LogP contribution < -0.4 is 0 Å².